The van der Waals surface area contributed by atoms with Crippen molar-refractivity contribution in [1.82, 2.24) is 9.88 Å². The van der Waals surface area contributed by atoms with Crippen molar-refractivity contribution < 1.29 is 9.18 Å². The molecule has 0 unspecified atom stereocenters. The zero-order chi connectivity index (χ0) is 16.2. The number of nitrogens with zero attached hydrogens (tertiary/aromatic N) is 3. The number of anilines is 2. The van der Waals surface area contributed by atoms with Crippen LogP contribution >= 0.6 is 0 Å². The minimum absolute atomic E-state index is 0.157. The van der Waals surface area contributed by atoms with Crippen molar-refractivity contribution in [3.05, 3.63) is 54.0 Å². The molecule has 0 radical (unpaired) electrons. The van der Waals surface area contributed by atoms with Crippen molar-refractivity contribution in [2.75, 3.05) is 43.4 Å². The van der Waals surface area contributed by atoms with Crippen LogP contribution in [-0.4, -0.2) is 49.0 Å². The van der Waals surface area contributed by atoms with Gasteiger partial charge in [-0.1, -0.05) is 18.2 Å². The molecular formula is C17H19FN4O. The Bertz CT molecular complexity index is 698. The topological polar surface area (TPSA) is 48.5 Å². The lowest BCUT2D eigenvalue weighted by molar-refractivity contribution is 0.102. The Hall–Kier alpha value is -2.47. The van der Waals surface area contributed by atoms with Gasteiger partial charge in [0.15, 0.2) is 0 Å². The Kier molecular flexibility index (Phi) is 4.52. The number of likely N-dealkylation sites (N-methyl/N-ethyl adjacent to an activating group) is 1. The summed E-state index contributed by atoms with van der Waals surface area (Å²) in [5, 5.41) is 2.56. The minimum atomic E-state index is -0.462. The number of hydrogen-bond donors (Lipinski definition) is 1. The molecule has 1 aromatic carbocycles. The Morgan fingerprint density at radius 1 is 1.09 bits per heavy atom. The van der Waals surface area contributed by atoms with Crippen LogP contribution in [0.15, 0.2) is 42.5 Å². The number of nitrogens with one attached hydrogen (secondary N) is 1. The first-order valence-corrected chi connectivity index (χ1v) is 7.60. The van der Waals surface area contributed by atoms with Crippen LogP contribution in [0.3, 0.4) is 0 Å². The van der Waals surface area contributed by atoms with E-state index in [0.29, 0.717) is 0 Å². The van der Waals surface area contributed by atoms with Gasteiger partial charge in [-0.25, -0.2) is 9.37 Å². The lowest BCUT2D eigenvalue weighted by atomic mass is 10.2. The fourth-order valence-electron chi connectivity index (χ4n) is 2.51. The number of carbonyl (C=O) groups is 1. The minimum Gasteiger partial charge on any atom is -0.354 e. The molecule has 1 fully saturated rings. The highest BCUT2D eigenvalue weighted by Gasteiger charge is 2.17. The molecule has 1 aromatic heterocycles. The number of aromatic nitrogens is 1. The molecule has 3 rings (SSSR count). The lowest BCUT2D eigenvalue weighted by Crippen LogP contribution is -2.44. The molecule has 1 aliphatic rings. The first-order valence-electron chi connectivity index (χ1n) is 7.60. The van der Waals surface area contributed by atoms with Crippen LogP contribution < -0.4 is 10.2 Å². The van der Waals surface area contributed by atoms with Crippen molar-refractivity contribution >= 4 is 17.4 Å². The van der Waals surface area contributed by atoms with Gasteiger partial charge in [0.05, 0.1) is 5.69 Å². The fraction of sp³-hybridized carbons (Fsp3) is 0.294. The molecule has 2 aromatic rings. The van der Waals surface area contributed by atoms with Crippen LogP contribution in [0.2, 0.25) is 0 Å². The number of para-hydroxylation sites is 1. The fourth-order valence-corrected chi connectivity index (χ4v) is 2.51. The highest BCUT2D eigenvalue weighted by molar-refractivity contribution is 6.03. The Balaban J connectivity index is 1.74. The highest BCUT2D eigenvalue weighted by atomic mass is 19.1. The molecule has 1 aliphatic heterocycles. The van der Waals surface area contributed by atoms with E-state index in [-0.39, 0.29) is 11.4 Å². The summed E-state index contributed by atoms with van der Waals surface area (Å²) in [7, 11) is 2.09. The summed E-state index contributed by atoms with van der Waals surface area (Å²) in [5.74, 6) is -0.0959. The molecule has 0 aliphatic carbocycles. The van der Waals surface area contributed by atoms with E-state index in [1.165, 1.54) is 12.1 Å². The van der Waals surface area contributed by atoms with E-state index >= 15 is 0 Å². The van der Waals surface area contributed by atoms with E-state index in [9.17, 15) is 9.18 Å². The van der Waals surface area contributed by atoms with Gasteiger partial charge in [-0.15, -0.1) is 0 Å². The maximum Gasteiger partial charge on any atom is 0.274 e. The second-order valence-corrected chi connectivity index (χ2v) is 5.61. The van der Waals surface area contributed by atoms with Gasteiger partial charge in [0.2, 0.25) is 0 Å². The van der Waals surface area contributed by atoms with Gasteiger partial charge in [-0.3, -0.25) is 4.79 Å². The van der Waals surface area contributed by atoms with Crippen molar-refractivity contribution in [3.63, 3.8) is 0 Å². The summed E-state index contributed by atoms with van der Waals surface area (Å²) in [6, 6.07) is 11.4. The molecule has 0 atom stereocenters. The number of piperazine rings is 1. The van der Waals surface area contributed by atoms with Gasteiger partial charge in [0.1, 0.15) is 17.3 Å². The molecule has 0 bridgehead atoms. The van der Waals surface area contributed by atoms with Crippen molar-refractivity contribution in [1.29, 1.82) is 0 Å². The van der Waals surface area contributed by atoms with Crippen molar-refractivity contribution in [3.8, 4) is 0 Å². The average Bonchev–Trinajstić information content (AvgIpc) is 2.58. The molecule has 2 heterocycles. The lowest BCUT2D eigenvalue weighted by Gasteiger charge is -2.33. The van der Waals surface area contributed by atoms with Crippen LogP contribution in [0.1, 0.15) is 10.5 Å². The third-order valence-electron chi connectivity index (χ3n) is 3.92. The molecule has 1 amide bonds. The molecule has 120 valence electrons. The summed E-state index contributed by atoms with van der Waals surface area (Å²) in [6.45, 7) is 3.68. The van der Waals surface area contributed by atoms with Gasteiger partial charge < -0.3 is 15.1 Å². The van der Waals surface area contributed by atoms with Crippen LogP contribution in [0.25, 0.3) is 0 Å². The van der Waals surface area contributed by atoms with E-state index in [0.717, 1.165) is 32.0 Å². The maximum atomic E-state index is 13.6. The molecular weight excluding hydrogens is 295 g/mol. The van der Waals surface area contributed by atoms with Crippen LogP contribution in [0.5, 0.6) is 0 Å². The standard InChI is InChI=1S/C17H19FN4O/c1-21-9-11-22(12-10-21)16-8-4-7-15(19-16)17(23)20-14-6-3-2-5-13(14)18/h2-8H,9-12H2,1H3,(H,20,23). The summed E-state index contributed by atoms with van der Waals surface area (Å²) >= 11 is 0. The zero-order valence-corrected chi connectivity index (χ0v) is 13.0. The van der Waals surface area contributed by atoms with E-state index in [4.69, 9.17) is 0 Å². The van der Waals surface area contributed by atoms with Crippen molar-refractivity contribution in [2.24, 2.45) is 0 Å². The average molecular weight is 314 g/mol. The molecule has 0 spiro atoms. The van der Waals surface area contributed by atoms with E-state index in [2.05, 4.69) is 27.1 Å². The Labute approximate surface area is 134 Å². The number of hydrogen-bond acceptors (Lipinski definition) is 4. The van der Waals surface area contributed by atoms with Crippen LogP contribution in [0.4, 0.5) is 15.9 Å². The number of carbonyl (C=O) groups excluding carboxylic acids is 1. The number of benzene rings is 1. The predicted octanol–water partition coefficient (Wildman–Crippen LogP) is 2.22. The van der Waals surface area contributed by atoms with Gasteiger partial charge in [0.25, 0.3) is 5.91 Å². The number of rotatable bonds is 3. The summed E-state index contributed by atoms with van der Waals surface area (Å²) in [5.41, 5.74) is 0.439. The molecule has 5 nitrogen and oxygen atoms in total. The smallest absolute Gasteiger partial charge is 0.274 e. The second kappa shape index (κ2) is 6.75. The van der Waals surface area contributed by atoms with Crippen LogP contribution in [-0.2, 0) is 0 Å². The third-order valence-corrected chi connectivity index (χ3v) is 3.92. The van der Waals surface area contributed by atoms with Gasteiger partial charge in [-0.05, 0) is 31.3 Å². The molecule has 0 saturated carbocycles. The Morgan fingerprint density at radius 3 is 2.57 bits per heavy atom. The van der Waals surface area contributed by atoms with Gasteiger partial charge in [-0.2, -0.15) is 0 Å². The summed E-state index contributed by atoms with van der Waals surface area (Å²) in [6.07, 6.45) is 0. The number of pyridine rings is 1. The summed E-state index contributed by atoms with van der Waals surface area (Å²) in [4.78, 5) is 21.1. The quantitative estimate of drug-likeness (QED) is 0.944. The van der Waals surface area contributed by atoms with Crippen LogP contribution in [0, 0.1) is 5.82 Å². The second-order valence-electron chi connectivity index (χ2n) is 5.61. The normalized spacial score (nSPS) is 15.5. The summed E-state index contributed by atoms with van der Waals surface area (Å²) < 4.78 is 13.6. The molecule has 23 heavy (non-hydrogen) atoms. The largest absolute Gasteiger partial charge is 0.354 e. The van der Waals surface area contributed by atoms with E-state index in [1.54, 1.807) is 24.3 Å². The highest BCUT2D eigenvalue weighted by Crippen LogP contribution is 2.16. The third kappa shape index (κ3) is 3.65. The monoisotopic (exact) mass is 314 g/mol. The Morgan fingerprint density at radius 2 is 1.83 bits per heavy atom. The molecule has 1 saturated heterocycles. The van der Waals surface area contributed by atoms with E-state index in [1.807, 2.05) is 6.07 Å². The molecule has 6 heteroatoms. The van der Waals surface area contributed by atoms with Crippen molar-refractivity contribution in [2.45, 2.75) is 0 Å². The number of amides is 1. The van der Waals surface area contributed by atoms with Gasteiger partial charge >= 0.3 is 0 Å². The van der Waals surface area contributed by atoms with E-state index < -0.39 is 11.7 Å². The SMILES string of the molecule is CN1CCN(c2cccc(C(=O)Nc3ccccc3F)n2)CC1. The number of halogens is 1. The first-order chi connectivity index (χ1) is 11.1. The van der Waals surface area contributed by atoms with Gasteiger partial charge in [0, 0.05) is 26.2 Å². The predicted molar refractivity (Wildman–Crippen MR) is 88.3 cm³/mol. The first kappa shape index (κ1) is 15.4. The maximum absolute atomic E-state index is 13.6. The zero-order valence-electron chi connectivity index (χ0n) is 13.0. The molecule has 1 N–H and O–H groups in total.